The Morgan fingerprint density at radius 3 is 2.79 bits per heavy atom. The van der Waals surface area contributed by atoms with Gasteiger partial charge in [-0.25, -0.2) is 4.79 Å². The lowest BCUT2D eigenvalue weighted by atomic mass is 10.2. The van der Waals surface area contributed by atoms with E-state index in [1.165, 1.54) is 11.8 Å². The number of halogens is 1. The van der Waals surface area contributed by atoms with Gasteiger partial charge in [0.2, 0.25) is 5.91 Å². The van der Waals surface area contributed by atoms with Crippen molar-refractivity contribution >= 4 is 35.0 Å². The number of hydrogen-bond donors (Lipinski definition) is 2. The number of aromatic amines is 1. The van der Waals surface area contributed by atoms with Crippen LogP contribution in [-0.4, -0.2) is 23.5 Å². The van der Waals surface area contributed by atoms with Gasteiger partial charge in [0, 0.05) is 11.1 Å². The van der Waals surface area contributed by atoms with Crippen LogP contribution in [0.5, 0.6) is 5.75 Å². The number of carbonyl (C=O) groups is 1. The lowest BCUT2D eigenvalue weighted by Gasteiger charge is -2.15. The molecule has 2 aromatic rings. The number of benzene rings is 1. The molecule has 1 amide bonds. The number of amides is 1. The van der Waals surface area contributed by atoms with Crippen molar-refractivity contribution in [2.24, 2.45) is 7.05 Å². The Morgan fingerprint density at radius 1 is 1.54 bits per heavy atom. The molecule has 0 bridgehead atoms. The summed E-state index contributed by atoms with van der Waals surface area (Å²) in [5.74, 6) is 0.244. The minimum absolute atomic E-state index is 0.233. The van der Waals surface area contributed by atoms with Gasteiger partial charge in [0.05, 0.1) is 18.0 Å². The van der Waals surface area contributed by atoms with E-state index in [2.05, 4.69) is 10.6 Å². The maximum Gasteiger partial charge on any atom is 0.441 e. The molecule has 0 aliphatic heterocycles. The first-order chi connectivity index (χ1) is 11.4. The Hall–Kier alpha value is -1.93. The third kappa shape index (κ3) is 3.93. The highest BCUT2D eigenvalue weighted by Gasteiger charge is 2.28. The maximum atomic E-state index is 12.6. The van der Waals surface area contributed by atoms with Crippen LogP contribution in [0.15, 0.2) is 26.5 Å². The summed E-state index contributed by atoms with van der Waals surface area (Å²) in [6.07, 6.45) is 0.538. The highest BCUT2D eigenvalue weighted by Crippen LogP contribution is 2.32. The third-order valence-corrected chi connectivity index (χ3v) is 5.31. The van der Waals surface area contributed by atoms with Crippen molar-refractivity contribution in [2.45, 2.75) is 30.5 Å². The minimum atomic E-state index is -0.506. The number of aryl methyl sites for hydroxylation is 2. The summed E-state index contributed by atoms with van der Waals surface area (Å²) < 4.78 is 11.4. The standard InChI is InChI=1S/C15H18ClN3O4S/c1-5-12(24-14-15(21)23-18-19(14)3)13(20)17-10-6-8(2)9(16)7-11(10)22-4/h6-7,12H,5H2,1-4H3,(H-,17,18,20,21)/p+1. The average molecular weight is 373 g/mol. The van der Waals surface area contributed by atoms with Gasteiger partial charge in [-0.05, 0) is 42.0 Å². The molecule has 0 aliphatic rings. The Labute approximate surface area is 148 Å². The Morgan fingerprint density at radius 2 is 2.25 bits per heavy atom. The largest absolute Gasteiger partial charge is 0.495 e. The van der Waals surface area contributed by atoms with Crippen LogP contribution in [0.3, 0.4) is 0 Å². The zero-order valence-electron chi connectivity index (χ0n) is 13.8. The first-order valence-corrected chi connectivity index (χ1v) is 8.52. The number of hydrogen-bond acceptors (Lipinski definition) is 5. The van der Waals surface area contributed by atoms with E-state index in [9.17, 15) is 9.59 Å². The fraction of sp³-hybridized carbons (Fsp3) is 0.400. The molecule has 1 unspecified atom stereocenters. The maximum absolute atomic E-state index is 12.6. The Kier molecular flexibility index (Phi) is 5.95. The van der Waals surface area contributed by atoms with Crippen LogP contribution in [0.1, 0.15) is 18.9 Å². The van der Waals surface area contributed by atoms with Crippen molar-refractivity contribution in [1.82, 2.24) is 5.27 Å². The summed E-state index contributed by atoms with van der Waals surface area (Å²) in [5, 5.41) is 5.69. The molecule has 24 heavy (non-hydrogen) atoms. The van der Waals surface area contributed by atoms with E-state index in [-0.39, 0.29) is 5.91 Å². The van der Waals surface area contributed by atoms with E-state index >= 15 is 0 Å². The summed E-state index contributed by atoms with van der Waals surface area (Å²) in [6.45, 7) is 3.71. The fourth-order valence-electron chi connectivity index (χ4n) is 2.06. The number of ether oxygens (including phenoxy) is 1. The number of carbonyl (C=O) groups excluding carboxylic acids is 1. The molecular weight excluding hydrogens is 354 g/mol. The number of rotatable bonds is 6. The van der Waals surface area contributed by atoms with Gasteiger partial charge in [-0.15, -0.1) is 0 Å². The molecule has 1 heterocycles. The SMILES string of the molecule is CCC(Sc1c(=O)o[nH][n+]1C)C(=O)Nc1cc(C)c(Cl)cc1OC. The van der Waals surface area contributed by atoms with Gasteiger partial charge < -0.3 is 10.1 Å². The van der Waals surface area contributed by atoms with Gasteiger partial charge >= 0.3 is 10.7 Å². The van der Waals surface area contributed by atoms with Gasteiger partial charge in [-0.3, -0.25) is 9.32 Å². The van der Waals surface area contributed by atoms with E-state index in [1.807, 2.05) is 13.8 Å². The van der Waals surface area contributed by atoms with Crippen LogP contribution in [0.2, 0.25) is 5.02 Å². The number of anilines is 1. The molecule has 1 aromatic carbocycles. The van der Waals surface area contributed by atoms with Crippen LogP contribution >= 0.6 is 23.4 Å². The van der Waals surface area contributed by atoms with Gasteiger partial charge in [-0.2, -0.15) is 0 Å². The van der Waals surface area contributed by atoms with E-state index < -0.39 is 10.9 Å². The van der Waals surface area contributed by atoms with Crippen molar-refractivity contribution in [3.05, 3.63) is 33.1 Å². The molecule has 2 N–H and O–H groups in total. The minimum Gasteiger partial charge on any atom is -0.495 e. The number of nitrogens with one attached hydrogen (secondary N) is 2. The molecule has 0 fully saturated rings. The highest BCUT2D eigenvalue weighted by atomic mass is 35.5. The van der Waals surface area contributed by atoms with Crippen LogP contribution in [0, 0.1) is 6.92 Å². The number of methoxy groups -OCH3 is 1. The highest BCUT2D eigenvalue weighted by molar-refractivity contribution is 8.00. The lowest BCUT2D eigenvalue weighted by Crippen LogP contribution is -2.35. The van der Waals surface area contributed by atoms with Crippen molar-refractivity contribution in [3.63, 3.8) is 0 Å². The lowest BCUT2D eigenvalue weighted by molar-refractivity contribution is -0.772. The van der Waals surface area contributed by atoms with Crippen molar-refractivity contribution in [2.75, 3.05) is 12.4 Å². The summed E-state index contributed by atoms with van der Waals surface area (Å²) >= 11 is 7.22. The van der Waals surface area contributed by atoms with Crippen LogP contribution in [-0.2, 0) is 11.8 Å². The van der Waals surface area contributed by atoms with E-state index in [0.29, 0.717) is 27.9 Å². The quantitative estimate of drug-likeness (QED) is 0.600. The number of thioether (sulfide) groups is 1. The molecular formula is C15H19ClN3O4S+. The second kappa shape index (κ2) is 7.76. The topological polar surface area (TPSA) is 88.2 Å². The van der Waals surface area contributed by atoms with Crippen molar-refractivity contribution in [1.29, 1.82) is 0 Å². The summed E-state index contributed by atoms with van der Waals surface area (Å²) in [4.78, 5) is 24.2. The Balaban J connectivity index is 2.21. The molecule has 0 spiro atoms. The van der Waals surface area contributed by atoms with E-state index in [4.69, 9.17) is 20.9 Å². The third-order valence-electron chi connectivity index (χ3n) is 3.41. The Bertz CT molecular complexity index is 803. The first kappa shape index (κ1) is 18.4. The van der Waals surface area contributed by atoms with E-state index in [1.54, 1.807) is 19.2 Å². The second-order valence-corrected chi connectivity index (χ2v) is 6.75. The van der Waals surface area contributed by atoms with Gasteiger partial charge in [0.1, 0.15) is 5.75 Å². The van der Waals surface area contributed by atoms with Crippen LogP contribution < -0.4 is 20.4 Å². The number of H-pyrrole nitrogens is 1. The molecule has 0 radical (unpaired) electrons. The molecule has 1 atom stereocenters. The van der Waals surface area contributed by atoms with E-state index in [0.717, 1.165) is 17.3 Å². The predicted octanol–water partition coefficient (Wildman–Crippen LogP) is 2.27. The monoisotopic (exact) mass is 372 g/mol. The van der Waals surface area contributed by atoms with Crippen molar-refractivity contribution in [3.8, 4) is 5.75 Å². The second-order valence-electron chi connectivity index (χ2n) is 5.15. The van der Waals surface area contributed by atoms with Gasteiger partial charge in [0.25, 0.3) is 0 Å². The predicted molar refractivity (Wildman–Crippen MR) is 91.8 cm³/mol. The normalized spacial score (nSPS) is 12.0. The molecule has 0 aliphatic carbocycles. The zero-order chi connectivity index (χ0) is 17.9. The van der Waals surface area contributed by atoms with Crippen molar-refractivity contribution < 1.29 is 18.7 Å². The zero-order valence-corrected chi connectivity index (χ0v) is 15.4. The molecule has 9 heteroatoms. The fourth-order valence-corrected chi connectivity index (χ4v) is 3.15. The number of aromatic nitrogens is 2. The molecule has 7 nitrogen and oxygen atoms in total. The van der Waals surface area contributed by atoms with Gasteiger partial charge in [0.15, 0.2) is 7.05 Å². The molecule has 2 rings (SSSR count). The van der Waals surface area contributed by atoms with Crippen LogP contribution in [0.25, 0.3) is 0 Å². The summed E-state index contributed by atoms with van der Waals surface area (Å²) in [6, 6.07) is 3.41. The molecule has 130 valence electrons. The van der Waals surface area contributed by atoms with Gasteiger partial charge in [-0.1, -0.05) is 23.2 Å². The van der Waals surface area contributed by atoms with Crippen LogP contribution in [0.4, 0.5) is 5.69 Å². The average Bonchev–Trinajstić information content (AvgIpc) is 2.86. The molecule has 0 saturated carbocycles. The number of nitrogens with zero attached hydrogens (tertiary/aromatic N) is 1. The smallest absolute Gasteiger partial charge is 0.441 e. The summed E-state index contributed by atoms with van der Waals surface area (Å²) in [5.41, 5.74) is 0.855. The summed E-state index contributed by atoms with van der Waals surface area (Å²) in [7, 11) is 3.15. The molecule has 0 saturated heterocycles. The first-order valence-electron chi connectivity index (χ1n) is 7.26. The molecule has 1 aromatic heterocycles.